The van der Waals surface area contributed by atoms with Gasteiger partial charge in [0.15, 0.2) is 5.43 Å². The third-order valence-electron chi connectivity index (χ3n) is 5.71. The molecule has 1 N–H and O–H groups in total. The van der Waals surface area contributed by atoms with Gasteiger partial charge in [0.25, 0.3) is 0 Å². The van der Waals surface area contributed by atoms with Crippen LogP contribution in [0.3, 0.4) is 0 Å². The van der Waals surface area contributed by atoms with E-state index in [-0.39, 0.29) is 12.0 Å². The van der Waals surface area contributed by atoms with E-state index >= 15 is 0 Å². The lowest BCUT2D eigenvalue weighted by Gasteiger charge is -2.40. The predicted molar refractivity (Wildman–Crippen MR) is 119 cm³/mol. The summed E-state index contributed by atoms with van der Waals surface area (Å²) in [5, 5.41) is 10.9. The highest BCUT2D eigenvalue weighted by molar-refractivity contribution is 7.99. The predicted octanol–water partition coefficient (Wildman–Crippen LogP) is 4.24. The van der Waals surface area contributed by atoms with Crippen molar-refractivity contribution < 1.29 is 9.90 Å². The molecule has 6 nitrogen and oxygen atoms in total. The number of carboxylic acids is 1. The number of fused-ring (bicyclic) bond motifs is 2. The highest BCUT2D eigenvalue weighted by Gasteiger charge is 2.30. The van der Waals surface area contributed by atoms with Crippen LogP contribution in [0.1, 0.15) is 19.8 Å². The number of rotatable bonds is 5. The molecule has 0 spiro atoms. The molecular weight excluding hydrogens is 410 g/mol. The molecular formula is C21H22ClN3O3S. The number of hydrogen-bond acceptors (Lipinski definition) is 5. The molecule has 1 aromatic carbocycles. The van der Waals surface area contributed by atoms with E-state index < -0.39 is 5.97 Å². The van der Waals surface area contributed by atoms with Gasteiger partial charge in [0.1, 0.15) is 18.0 Å². The maximum Gasteiger partial charge on any atom is 0.323 e. The molecule has 3 aromatic rings. The Morgan fingerprint density at radius 2 is 2.00 bits per heavy atom. The Balaban J connectivity index is 2.03. The van der Waals surface area contributed by atoms with Crippen molar-refractivity contribution in [3.8, 4) is 0 Å². The smallest absolute Gasteiger partial charge is 0.323 e. The summed E-state index contributed by atoms with van der Waals surface area (Å²) in [5.41, 5.74) is 0.733. The Kier molecular flexibility index (Phi) is 5.21. The Morgan fingerprint density at radius 1 is 1.31 bits per heavy atom. The molecule has 29 heavy (non-hydrogen) atoms. The van der Waals surface area contributed by atoms with Gasteiger partial charge < -0.3 is 14.6 Å². The summed E-state index contributed by atoms with van der Waals surface area (Å²) in [7, 11) is 2.00. The number of halogens is 1. The molecule has 1 aliphatic rings. The van der Waals surface area contributed by atoms with Gasteiger partial charge in [-0.2, -0.15) is 0 Å². The van der Waals surface area contributed by atoms with Crippen molar-refractivity contribution in [3.63, 3.8) is 0 Å². The minimum atomic E-state index is -1.00. The van der Waals surface area contributed by atoms with E-state index in [2.05, 4.69) is 11.8 Å². The monoisotopic (exact) mass is 431 g/mol. The second kappa shape index (κ2) is 7.54. The largest absolute Gasteiger partial charge is 0.480 e. The number of benzene rings is 1. The zero-order valence-corrected chi connectivity index (χ0v) is 18.0. The molecule has 0 unspecified atom stereocenters. The first-order valence-electron chi connectivity index (χ1n) is 9.46. The Morgan fingerprint density at radius 3 is 2.62 bits per heavy atom. The lowest BCUT2D eigenvalue weighted by Crippen LogP contribution is -2.42. The minimum Gasteiger partial charge on any atom is -0.480 e. The van der Waals surface area contributed by atoms with Crippen molar-refractivity contribution in [1.29, 1.82) is 0 Å². The summed E-state index contributed by atoms with van der Waals surface area (Å²) in [6, 6.07) is 7.35. The molecule has 2 aromatic heterocycles. The summed E-state index contributed by atoms with van der Waals surface area (Å²) in [6.07, 6.45) is 4.06. The van der Waals surface area contributed by atoms with Gasteiger partial charge in [0.2, 0.25) is 0 Å². The third-order valence-corrected chi connectivity index (χ3v) is 6.96. The number of pyridine rings is 2. The van der Waals surface area contributed by atoms with E-state index in [9.17, 15) is 14.7 Å². The molecule has 0 bridgehead atoms. The number of carboxylic acid groups (broad SMARTS) is 1. The number of aromatic nitrogens is 2. The van der Waals surface area contributed by atoms with E-state index in [4.69, 9.17) is 16.6 Å². The van der Waals surface area contributed by atoms with Crippen LogP contribution in [-0.4, -0.2) is 40.0 Å². The average molecular weight is 432 g/mol. The van der Waals surface area contributed by atoms with Crippen molar-refractivity contribution in [2.45, 2.75) is 37.2 Å². The number of anilines is 1. The molecule has 0 saturated heterocycles. The van der Waals surface area contributed by atoms with Gasteiger partial charge in [-0.05, 0) is 49.3 Å². The molecule has 1 fully saturated rings. The topological polar surface area (TPSA) is 75.4 Å². The van der Waals surface area contributed by atoms with Gasteiger partial charge in [-0.3, -0.25) is 9.59 Å². The first-order valence-corrected chi connectivity index (χ1v) is 11.1. The average Bonchev–Trinajstić information content (AvgIpc) is 2.67. The van der Waals surface area contributed by atoms with Crippen LogP contribution in [0.5, 0.6) is 0 Å². The summed E-state index contributed by atoms with van der Waals surface area (Å²) in [6.45, 7) is 1.92. The Bertz CT molecular complexity index is 1190. The van der Waals surface area contributed by atoms with E-state index in [1.807, 2.05) is 19.4 Å². The lowest BCUT2D eigenvalue weighted by molar-refractivity contribution is -0.137. The van der Waals surface area contributed by atoms with Crippen LogP contribution in [0.4, 0.5) is 5.82 Å². The quantitative estimate of drug-likeness (QED) is 0.481. The zero-order valence-electron chi connectivity index (χ0n) is 16.5. The van der Waals surface area contributed by atoms with Crippen LogP contribution >= 0.6 is 23.4 Å². The molecule has 1 saturated carbocycles. The fourth-order valence-electron chi connectivity index (χ4n) is 4.11. The second-order valence-electron chi connectivity index (χ2n) is 7.67. The fraction of sp³-hybridized carbons (Fsp3) is 0.381. The van der Waals surface area contributed by atoms with Gasteiger partial charge in [0, 0.05) is 18.5 Å². The standard InChI is InChI=1S/C21H22ClN3O3S/c1-11-8-12(9-11)24(2)16-7-5-14-19(28)13-4-6-15(22)20(29-3)18(13)25(10-17(26)27)21(14)23-16/h4-7,11-12H,8-10H2,1-3H3,(H,26,27). The van der Waals surface area contributed by atoms with Crippen LogP contribution < -0.4 is 10.3 Å². The van der Waals surface area contributed by atoms with Crippen molar-refractivity contribution in [2.75, 3.05) is 18.2 Å². The van der Waals surface area contributed by atoms with E-state index in [0.29, 0.717) is 43.8 Å². The van der Waals surface area contributed by atoms with Gasteiger partial charge >= 0.3 is 5.97 Å². The highest BCUT2D eigenvalue weighted by Crippen LogP contribution is 2.35. The van der Waals surface area contributed by atoms with Crippen LogP contribution in [0.2, 0.25) is 5.02 Å². The van der Waals surface area contributed by atoms with Crippen LogP contribution in [0, 0.1) is 5.92 Å². The maximum atomic E-state index is 13.2. The number of carbonyl (C=O) groups is 1. The molecule has 2 heterocycles. The molecule has 0 atom stereocenters. The number of thioether (sulfide) groups is 1. The number of aliphatic carboxylic acids is 1. The first-order chi connectivity index (χ1) is 13.8. The van der Waals surface area contributed by atoms with E-state index in [1.54, 1.807) is 22.8 Å². The van der Waals surface area contributed by atoms with Crippen molar-refractivity contribution in [2.24, 2.45) is 5.92 Å². The molecule has 0 aliphatic heterocycles. The Hall–Kier alpha value is -2.25. The number of hydrogen-bond donors (Lipinski definition) is 1. The fourth-order valence-corrected chi connectivity index (χ4v) is 5.17. The summed E-state index contributed by atoms with van der Waals surface area (Å²) < 4.78 is 1.60. The first kappa shape index (κ1) is 20.0. The molecule has 0 radical (unpaired) electrons. The van der Waals surface area contributed by atoms with Crippen LogP contribution in [0.15, 0.2) is 34.0 Å². The highest BCUT2D eigenvalue weighted by atomic mass is 35.5. The third kappa shape index (κ3) is 3.36. The van der Waals surface area contributed by atoms with Crippen LogP contribution in [-0.2, 0) is 11.3 Å². The normalized spacial score (nSPS) is 18.8. The van der Waals surface area contributed by atoms with Crippen LogP contribution in [0.25, 0.3) is 21.9 Å². The van der Waals surface area contributed by atoms with Gasteiger partial charge in [-0.15, -0.1) is 11.8 Å². The molecule has 0 amide bonds. The van der Waals surface area contributed by atoms with Crippen molar-refractivity contribution in [3.05, 3.63) is 39.5 Å². The zero-order chi connectivity index (χ0) is 20.9. The maximum absolute atomic E-state index is 13.2. The molecule has 1 aliphatic carbocycles. The second-order valence-corrected chi connectivity index (χ2v) is 8.89. The number of nitrogens with zero attached hydrogens (tertiary/aromatic N) is 3. The SMILES string of the molecule is CSc1c(Cl)ccc2c(=O)c3ccc(N(C)C4CC(C)C4)nc3n(CC(=O)O)c12. The van der Waals surface area contributed by atoms with Gasteiger partial charge in [-0.25, -0.2) is 4.98 Å². The lowest BCUT2D eigenvalue weighted by atomic mass is 9.81. The minimum absolute atomic E-state index is 0.164. The van der Waals surface area contributed by atoms with Gasteiger partial charge in [-0.1, -0.05) is 18.5 Å². The molecule has 4 rings (SSSR count). The summed E-state index contributed by atoms with van der Waals surface area (Å²) >= 11 is 7.76. The van der Waals surface area contributed by atoms with E-state index in [1.165, 1.54) is 11.8 Å². The Labute approximate surface area is 177 Å². The molecule has 8 heteroatoms. The summed E-state index contributed by atoms with van der Waals surface area (Å²) in [4.78, 5) is 32.4. The van der Waals surface area contributed by atoms with Crippen molar-refractivity contribution in [1.82, 2.24) is 9.55 Å². The van der Waals surface area contributed by atoms with E-state index in [0.717, 1.165) is 18.7 Å². The summed E-state index contributed by atoms with van der Waals surface area (Å²) in [5.74, 6) is 0.431. The van der Waals surface area contributed by atoms with Crippen molar-refractivity contribution >= 4 is 57.1 Å². The molecule has 152 valence electrons. The van der Waals surface area contributed by atoms with Gasteiger partial charge in [0.05, 0.1) is 20.8 Å².